The molecule has 0 radical (unpaired) electrons. The highest BCUT2D eigenvalue weighted by molar-refractivity contribution is 5.75. The maximum absolute atomic E-state index is 14.0. The SMILES string of the molecule is C=C/C=C\C1=C(CC)CN(C(=O)NCCC(O)CN2CCN(c3cccc(F)c3OC)CC2)C1. The molecule has 2 aliphatic heterocycles. The van der Waals surface area contributed by atoms with Gasteiger partial charge in [0.1, 0.15) is 0 Å². The number of carbonyl (C=O) groups is 1. The molecular formula is C26H37FN4O3. The van der Waals surface area contributed by atoms with Crippen LogP contribution in [0.4, 0.5) is 14.9 Å². The fraction of sp³-hybridized carbons (Fsp3) is 0.500. The van der Waals surface area contributed by atoms with Crippen molar-refractivity contribution < 1.29 is 19.0 Å². The van der Waals surface area contributed by atoms with Crippen LogP contribution in [0.2, 0.25) is 0 Å². The Balaban J connectivity index is 1.37. The first-order valence-corrected chi connectivity index (χ1v) is 12.0. The fourth-order valence-electron chi connectivity index (χ4n) is 4.51. The number of halogens is 1. The van der Waals surface area contributed by atoms with Gasteiger partial charge in [0, 0.05) is 52.4 Å². The molecular weight excluding hydrogens is 435 g/mol. The second-order valence-electron chi connectivity index (χ2n) is 8.69. The number of urea groups is 1. The molecule has 0 aliphatic carbocycles. The molecule has 2 N–H and O–H groups in total. The molecule has 0 aromatic heterocycles. The van der Waals surface area contributed by atoms with E-state index in [1.807, 2.05) is 18.2 Å². The van der Waals surface area contributed by atoms with Crippen molar-refractivity contribution in [2.45, 2.75) is 25.9 Å². The van der Waals surface area contributed by atoms with E-state index in [-0.39, 0.29) is 17.6 Å². The van der Waals surface area contributed by atoms with Gasteiger partial charge in [-0.05, 0) is 36.1 Å². The molecule has 2 heterocycles. The Morgan fingerprint density at radius 1 is 1.29 bits per heavy atom. The summed E-state index contributed by atoms with van der Waals surface area (Å²) < 4.78 is 19.2. The number of hydrogen-bond acceptors (Lipinski definition) is 5. The van der Waals surface area contributed by atoms with Crippen molar-refractivity contribution in [3.05, 3.63) is 60.0 Å². The van der Waals surface area contributed by atoms with Gasteiger partial charge in [-0.15, -0.1) is 0 Å². The number of aliphatic hydroxyl groups excluding tert-OH is 1. The molecule has 1 atom stereocenters. The maximum atomic E-state index is 14.0. The van der Waals surface area contributed by atoms with E-state index in [9.17, 15) is 14.3 Å². The Bertz CT molecular complexity index is 909. The number of nitrogens with one attached hydrogen (secondary N) is 1. The molecule has 1 saturated heterocycles. The summed E-state index contributed by atoms with van der Waals surface area (Å²) in [5.41, 5.74) is 3.20. The number of para-hydroxylation sites is 1. The van der Waals surface area contributed by atoms with Gasteiger partial charge < -0.3 is 25.0 Å². The smallest absolute Gasteiger partial charge is 0.317 e. The average molecular weight is 473 g/mol. The minimum Gasteiger partial charge on any atom is -0.492 e. The van der Waals surface area contributed by atoms with Crippen molar-refractivity contribution in [1.29, 1.82) is 0 Å². The zero-order valence-electron chi connectivity index (χ0n) is 20.3. The standard InChI is InChI=1S/C26H37FN4O3/c1-4-6-8-21-18-31(17-20(21)5-2)26(33)28-12-11-22(32)19-29-13-15-30(16-14-29)24-10-7-9-23(27)25(24)34-3/h4,6-10,22,32H,1,5,11-19H2,2-3H3,(H,28,33)/b8-6-. The van der Waals surface area contributed by atoms with Crippen molar-refractivity contribution in [3.8, 4) is 5.75 Å². The van der Waals surface area contributed by atoms with Crippen LogP contribution in [0, 0.1) is 5.82 Å². The number of β-amino-alcohol motifs (C(OH)–C–C–N with tert-alkyl or cyclic N) is 1. The van der Waals surface area contributed by atoms with Crippen LogP contribution in [-0.4, -0.2) is 86.5 Å². The number of anilines is 1. The highest BCUT2D eigenvalue weighted by atomic mass is 19.1. The van der Waals surface area contributed by atoms with Crippen LogP contribution in [0.5, 0.6) is 5.75 Å². The van der Waals surface area contributed by atoms with Gasteiger partial charge >= 0.3 is 6.03 Å². The molecule has 0 bridgehead atoms. The van der Waals surface area contributed by atoms with Crippen LogP contribution in [-0.2, 0) is 0 Å². The number of piperazine rings is 1. The Labute approximate surface area is 202 Å². The summed E-state index contributed by atoms with van der Waals surface area (Å²) in [6.07, 6.45) is 6.55. The number of nitrogens with zero attached hydrogens (tertiary/aromatic N) is 3. The number of aliphatic hydroxyl groups is 1. The number of hydrogen-bond donors (Lipinski definition) is 2. The van der Waals surface area contributed by atoms with Crippen LogP contribution >= 0.6 is 0 Å². The Morgan fingerprint density at radius 3 is 2.74 bits per heavy atom. The highest BCUT2D eigenvalue weighted by Gasteiger charge is 2.25. The van der Waals surface area contributed by atoms with Gasteiger partial charge in [-0.25, -0.2) is 9.18 Å². The van der Waals surface area contributed by atoms with E-state index >= 15 is 0 Å². The zero-order valence-corrected chi connectivity index (χ0v) is 20.3. The molecule has 1 aromatic carbocycles. The molecule has 0 spiro atoms. The molecule has 2 aliphatic rings. The van der Waals surface area contributed by atoms with Gasteiger partial charge in [-0.1, -0.05) is 37.8 Å². The van der Waals surface area contributed by atoms with Gasteiger partial charge in [-0.2, -0.15) is 0 Å². The van der Waals surface area contributed by atoms with Crippen LogP contribution in [0.15, 0.2) is 54.2 Å². The van der Waals surface area contributed by atoms with E-state index in [0.29, 0.717) is 32.6 Å². The number of rotatable bonds is 10. The summed E-state index contributed by atoms with van der Waals surface area (Å²) in [7, 11) is 1.48. The summed E-state index contributed by atoms with van der Waals surface area (Å²) in [4.78, 5) is 18.7. The topological polar surface area (TPSA) is 68.3 Å². The molecule has 8 heteroatoms. The van der Waals surface area contributed by atoms with E-state index in [4.69, 9.17) is 4.74 Å². The predicted octanol–water partition coefficient (Wildman–Crippen LogP) is 3.18. The van der Waals surface area contributed by atoms with Crippen molar-refractivity contribution in [2.75, 3.05) is 64.4 Å². The zero-order chi connectivity index (χ0) is 24.5. The quantitative estimate of drug-likeness (QED) is 0.512. The van der Waals surface area contributed by atoms with Gasteiger partial charge in [0.15, 0.2) is 11.6 Å². The number of amides is 2. The third kappa shape index (κ3) is 6.61. The van der Waals surface area contributed by atoms with Gasteiger partial charge in [0.05, 0.1) is 18.9 Å². The molecule has 1 unspecified atom stereocenters. The van der Waals surface area contributed by atoms with Crippen molar-refractivity contribution in [3.63, 3.8) is 0 Å². The predicted molar refractivity (Wildman–Crippen MR) is 134 cm³/mol. The monoisotopic (exact) mass is 472 g/mol. The number of ether oxygens (including phenoxy) is 1. The molecule has 186 valence electrons. The normalized spacial score (nSPS) is 18.0. The summed E-state index contributed by atoms with van der Waals surface area (Å²) in [6, 6.07) is 4.86. The minimum atomic E-state index is -0.524. The van der Waals surface area contributed by atoms with E-state index in [1.54, 1.807) is 17.0 Å². The summed E-state index contributed by atoms with van der Waals surface area (Å²) >= 11 is 0. The number of carbonyl (C=O) groups excluding carboxylic acids is 1. The second-order valence-corrected chi connectivity index (χ2v) is 8.69. The lowest BCUT2D eigenvalue weighted by Gasteiger charge is -2.37. The first-order chi connectivity index (χ1) is 16.5. The third-order valence-corrected chi connectivity index (χ3v) is 6.43. The van der Waals surface area contributed by atoms with Crippen LogP contribution in [0.1, 0.15) is 19.8 Å². The first kappa shape index (κ1) is 25.8. The minimum absolute atomic E-state index is 0.0993. The Kier molecular flexibility index (Phi) is 9.53. The molecule has 7 nitrogen and oxygen atoms in total. The molecule has 1 aromatic rings. The van der Waals surface area contributed by atoms with E-state index in [1.165, 1.54) is 24.3 Å². The van der Waals surface area contributed by atoms with E-state index < -0.39 is 6.10 Å². The molecule has 2 amide bonds. The van der Waals surface area contributed by atoms with Gasteiger partial charge in [-0.3, -0.25) is 4.90 Å². The number of methoxy groups -OCH3 is 1. The number of benzene rings is 1. The molecule has 34 heavy (non-hydrogen) atoms. The Hall–Kier alpha value is -2.84. The summed E-state index contributed by atoms with van der Waals surface area (Å²) in [5.74, 6) is -0.0881. The van der Waals surface area contributed by atoms with Gasteiger partial charge in [0.2, 0.25) is 0 Å². The van der Waals surface area contributed by atoms with Crippen molar-refractivity contribution in [2.24, 2.45) is 0 Å². The molecule has 0 saturated carbocycles. The largest absolute Gasteiger partial charge is 0.492 e. The van der Waals surface area contributed by atoms with Crippen LogP contribution in [0.3, 0.4) is 0 Å². The summed E-state index contributed by atoms with van der Waals surface area (Å²) in [5, 5.41) is 13.4. The van der Waals surface area contributed by atoms with E-state index in [0.717, 1.165) is 38.3 Å². The first-order valence-electron chi connectivity index (χ1n) is 12.0. The average Bonchev–Trinajstić information content (AvgIpc) is 3.26. The third-order valence-electron chi connectivity index (χ3n) is 6.43. The second kappa shape index (κ2) is 12.6. The molecule has 3 rings (SSSR count). The van der Waals surface area contributed by atoms with Crippen molar-refractivity contribution >= 4 is 11.7 Å². The summed E-state index contributed by atoms with van der Waals surface area (Å²) in [6.45, 7) is 11.0. The highest BCUT2D eigenvalue weighted by Crippen LogP contribution is 2.31. The van der Waals surface area contributed by atoms with Crippen LogP contribution in [0.25, 0.3) is 0 Å². The lowest BCUT2D eigenvalue weighted by molar-refractivity contribution is 0.102. The maximum Gasteiger partial charge on any atom is 0.317 e. The number of allylic oxidation sites excluding steroid dienone is 2. The van der Waals surface area contributed by atoms with E-state index in [2.05, 4.69) is 28.6 Å². The fourth-order valence-corrected chi connectivity index (χ4v) is 4.51. The van der Waals surface area contributed by atoms with Gasteiger partial charge in [0.25, 0.3) is 0 Å². The molecule has 1 fully saturated rings. The van der Waals surface area contributed by atoms with Crippen molar-refractivity contribution in [1.82, 2.24) is 15.1 Å². The Morgan fingerprint density at radius 2 is 2.06 bits per heavy atom. The lowest BCUT2D eigenvalue weighted by Crippen LogP contribution is -2.49. The lowest BCUT2D eigenvalue weighted by atomic mass is 10.1. The van der Waals surface area contributed by atoms with Crippen LogP contribution < -0.4 is 15.0 Å².